The maximum Gasteiger partial charge on any atom is 0.323 e. The first kappa shape index (κ1) is 18.4. The highest BCUT2D eigenvalue weighted by Gasteiger charge is 2.20. The lowest BCUT2D eigenvalue weighted by Crippen LogP contribution is -2.42. The van der Waals surface area contributed by atoms with E-state index in [-0.39, 0.29) is 23.5 Å². The molecule has 0 heterocycles. The minimum Gasteiger partial charge on any atom is -0.465 e. The molecule has 0 aliphatic carbocycles. The molecule has 0 rings (SSSR count). The minimum atomic E-state index is -0.269. The van der Waals surface area contributed by atoms with Gasteiger partial charge in [0.15, 0.2) is 0 Å². The van der Waals surface area contributed by atoms with Crippen molar-refractivity contribution in [1.29, 1.82) is 0 Å². The second-order valence-corrected chi connectivity index (χ2v) is 6.34. The van der Waals surface area contributed by atoms with Crippen LogP contribution >= 0.6 is 0 Å². The van der Waals surface area contributed by atoms with Crippen LogP contribution in [0.4, 0.5) is 0 Å². The van der Waals surface area contributed by atoms with Gasteiger partial charge in [0.2, 0.25) is 0 Å². The fourth-order valence-corrected chi connectivity index (χ4v) is 1.60. The number of nitrogens with one attached hydrogen (secondary N) is 1. The molecule has 114 valence electrons. The van der Waals surface area contributed by atoms with E-state index in [0.29, 0.717) is 19.6 Å². The molecule has 0 bridgehead atoms. The summed E-state index contributed by atoms with van der Waals surface area (Å²) in [6, 6.07) is -0.0152. The van der Waals surface area contributed by atoms with Crippen LogP contribution in [0.1, 0.15) is 54.4 Å². The number of rotatable bonds is 9. The molecule has 0 aliphatic rings. The Balaban J connectivity index is 3.96. The molecule has 0 aromatic heterocycles. The van der Waals surface area contributed by atoms with Gasteiger partial charge in [-0.15, -0.1) is 0 Å². The van der Waals surface area contributed by atoms with Crippen LogP contribution < -0.4 is 5.32 Å². The molecule has 0 radical (unpaired) electrons. The van der Waals surface area contributed by atoms with Crippen LogP contribution in [-0.4, -0.2) is 37.9 Å². The topological polar surface area (TPSA) is 47.6 Å². The zero-order valence-electron chi connectivity index (χ0n) is 13.4. The molecule has 4 heteroatoms. The van der Waals surface area contributed by atoms with Gasteiger partial charge in [0.25, 0.3) is 0 Å². The van der Waals surface area contributed by atoms with Crippen LogP contribution in [0.25, 0.3) is 0 Å². The second kappa shape index (κ2) is 9.32. The first-order valence-electron chi connectivity index (χ1n) is 7.26. The van der Waals surface area contributed by atoms with Gasteiger partial charge in [-0.1, -0.05) is 34.6 Å². The first-order chi connectivity index (χ1) is 8.76. The quantitative estimate of drug-likeness (QED) is 0.518. The molecule has 0 saturated heterocycles. The number of carbonyl (C=O) groups excluding carboxylic acids is 1. The Bertz CT molecular complexity index is 246. The fourth-order valence-electron chi connectivity index (χ4n) is 1.60. The molecule has 0 aromatic carbocycles. The van der Waals surface area contributed by atoms with E-state index < -0.39 is 0 Å². The van der Waals surface area contributed by atoms with Gasteiger partial charge in [-0.2, -0.15) is 0 Å². The molecule has 1 unspecified atom stereocenters. The third kappa shape index (κ3) is 11.0. The summed E-state index contributed by atoms with van der Waals surface area (Å²) in [4.78, 5) is 11.8. The van der Waals surface area contributed by atoms with Crippen LogP contribution in [0.5, 0.6) is 0 Å². The maximum absolute atomic E-state index is 11.8. The number of esters is 1. The van der Waals surface area contributed by atoms with Gasteiger partial charge < -0.3 is 14.8 Å². The van der Waals surface area contributed by atoms with Crippen molar-refractivity contribution in [3.05, 3.63) is 0 Å². The lowest BCUT2D eigenvalue weighted by atomic mass is 9.93. The smallest absolute Gasteiger partial charge is 0.323 e. The number of hydrogen-bond donors (Lipinski definition) is 1. The van der Waals surface area contributed by atoms with Gasteiger partial charge >= 0.3 is 5.97 Å². The van der Waals surface area contributed by atoms with E-state index in [4.69, 9.17) is 9.47 Å². The first-order valence-corrected chi connectivity index (χ1v) is 7.26. The van der Waals surface area contributed by atoms with Crippen molar-refractivity contribution in [3.8, 4) is 0 Å². The summed E-state index contributed by atoms with van der Waals surface area (Å²) < 4.78 is 10.7. The van der Waals surface area contributed by atoms with Gasteiger partial charge in [-0.3, -0.25) is 4.79 Å². The van der Waals surface area contributed by atoms with Crippen molar-refractivity contribution >= 4 is 5.97 Å². The lowest BCUT2D eigenvalue weighted by molar-refractivity contribution is -0.146. The average molecular weight is 273 g/mol. The third-order valence-electron chi connectivity index (χ3n) is 2.65. The molecular weight excluding hydrogens is 242 g/mol. The van der Waals surface area contributed by atoms with Crippen molar-refractivity contribution in [1.82, 2.24) is 5.32 Å². The molecule has 0 fully saturated rings. The molecule has 1 atom stereocenters. The Morgan fingerprint density at radius 2 is 1.84 bits per heavy atom. The normalized spacial score (nSPS) is 13.6. The summed E-state index contributed by atoms with van der Waals surface area (Å²) in [5, 5.41) is 3.22. The van der Waals surface area contributed by atoms with E-state index >= 15 is 0 Å². The van der Waals surface area contributed by atoms with Crippen LogP contribution in [0, 0.1) is 5.41 Å². The highest BCUT2D eigenvalue weighted by atomic mass is 16.5. The van der Waals surface area contributed by atoms with Crippen LogP contribution in [0.2, 0.25) is 0 Å². The SMILES string of the molecule is CCOC(=O)C(CCOCCC(C)(C)C)NC(C)C. The van der Waals surface area contributed by atoms with Gasteiger partial charge in [-0.25, -0.2) is 0 Å². The maximum atomic E-state index is 11.8. The van der Waals surface area contributed by atoms with Crippen molar-refractivity contribution < 1.29 is 14.3 Å². The van der Waals surface area contributed by atoms with Crippen LogP contribution in [0.15, 0.2) is 0 Å². The van der Waals surface area contributed by atoms with Gasteiger partial charge in [0, 0.05) is 19.3 Å². The minimum absolute atomic E-state index is 0.185. The largest absolute Gasteiger partial charge is 0.465 e. The zero-order valence-corrected chi connectivity index (χ0v) is 13.4. The van der Waals surface area contributed by atoms with E-state index in [1.807, 2.05) is 20.8 Å². The highest BCUT2D eigenvalue weighted by Crippen LogP contribution is 2.17. The summed E-state index contributed by atoms with van der Waals surface area (Å²) in [5.74, 6) is -0.185. The molecule has 19 heavy (non-hydrogen) atoms. The zero-order chi connectivity index (χ0) is 14.9. The standard InChI is InChI=1S/C15H31NO3/c1-7-19-14(17)13(16-12(2)3)8-10-18-11-9-15(4,5)6/h12-13,16H,7-11H2,1-6H3. The van der Waals surface area contributed by atoms with Gasteiger partial charge in [0.1, 0.15) is 6.04 Å². The fraction of sp³-hybridized carbons (Fsp3) is 0.933. The Morgan fingerprint density at radius 3 is 2.32 bits per heavy atom. The number of carbonyl (C=O) groups is 1. The van der Waals surface area contributed by atoms with Crippen molar-refractivity contribution in [3.63, 3.8) is 0 Å². The lowest BCUT2D eigenvalue weighted by Gasteiger charge is -2.21. The monoisotopic (exact) mass is 273 g/mol. The van der Waals surface area contributed by atoms with Gasteiger partial charge in [-0.05, 0) is 25.2 Å². The second-order valence-electron chi connectivity index (χ2n) is 6.34. The third-order valence-corrected chi connectivity index (χ3v) is 2.65. The molecule has 1 N–H and O–H groups in total. The number of hydrogen-bond acceptors (Lipinski definition) is 4. The average Bonchev–Trinajstić information content (AvgIpc) is 2.25. The summed E-state index contributed by atoms with van der Waals surface area (Å²) in [6.07, 6.45) is 1.68. The highest BCUT2D eigenvalue weighted by molar-refractivity contribution is 5.75. The van der Waals surface area contributed by atoms with Crippen molar-refractivity contribution in [2.45, 2.75) is 66.5 Å². The molecule has 4 nitrogen and oxygen atoms in total. The molecular formula is C15H31NO3. The Morgan fingerprint density at radius 1 is 1.21 bits per heavy atom. The summed E-state index contributed by atoms with van der Waals surface area (Å²) in [5.41, 5.74) is 0.288. The number of ether oxygens (including phenoxy) is 2. The molecule has 0 saturated carbocycles. The summed E-state index contributed by atoms with van der Waals surface area (Å²) in [7, 11) is 0. The molecule has 0 spiro atoms. The van der Waals surface area contributed by atoms with E-state index in [0.717, 1.165) is 13.0 Å². The van der Waals surface area contributed by atoms with Crippen molar-refractivity contribution in [2.75, 3.05) is 19.8 Å². The Hall–Kier alpha value is -0.610. The predicted octanol–water partition coefficient (Wildman–Crippen LogP) is 2.76. The summed E-state index contributed by atoms with van der Waals surface area (Å²) >= 11 is 0. The molecule has 0 aliphatic heterocycles. The molecule has 0 aromatic rings. The van der Waals surface area contributed by atoms with Crippen molar-refractivity contribution in [2.24, 2.45) is 5.41 Å². The predicted molar refractivity (Wildman–Crippen MR) is 78.2 cm³/mol. The Kier molecular flexibility index (Phi) is 9.02. The summed E-state index contributed by atoms with van der Waals surface area (Å²) in [6.45, 7) is 14.2. The van der Waals surface area contributed by atoms with E-state index in [2.05, 4.69) is 26.1 Å². The van der Waals surface area contributed by atoms with Crippen LogP contribution in [-0.2, 0) is 14.3 Å². The van der Waals surface area contributed by atoms with E-state index in [9.17, 15) is 4.79 Å². The van der Waals surface area contributed by atoms with Gasteiger partial charge in [0.05, 0.1) is 6.61 Å². The van der Waals surface area contributed by atoms with E-state index in [1.54, 1.807) is 0 Å². The van der Waals surface area contributed by atoms with Crippen LogP contribution in [0.3, 0.4) is 0 Å². The molecule has 0 amide bonds. The van der Waals surface area contributed by atoms with E-state index in [1.165, 1.54) is 0 Å². The Labute approximate surface area is 118 Å².